The van der Waals surface area contributed by atoms with Crippen LogP contribution in [0.1, 0.15) is 51.1 Å². The van der Waals surface area contributed by atoms with Crippen LogP contribution in [0.5, 0.6) is 5.75 Å². The molecule has 1 aliphatic carbocycles. The predicted molar refractivity (Wildman–Crippen MR) is 110 cm³/mol. The molecule has 1 saturated carbocycles. The molecule has 3 N–H and O–H groups in total. The Hall–Kier alpha value is -2.71. The zero-order chi connectivity index (χ0) is 22.4. The molecule has 1 aromatic rings. The normalized spacial score (nSPS) is 28.3. The number of nitrogens with one attached hydrogen (secondary N) is 3. The van der Waals surface area contributed by atoms with Crippen molar-refractivity contribution in [3.63, 3.8) is 0 Å². The van der Waals surface area contributed by atoms with E-state index < -0.39 is 29.2 Å². The second-order valence-corrected chi connectivity index (χ2v) is 8.64. The van der Waals surface area contributed by atoms with E-state index in [1.807, 2.05) is 32.0 Å². The number of rotatable bonds is 6. The average Bonchev–Trinajstić information content (AvgIpc) is 3.30. The predicted octanol–water partition coefficient (Wildman–Crippen LogP) is 2.82. The first-order valence-corrected chi connectivity index (χ1v) is 10.8. The van der Waals surface area contributed by atoms with Gasteiger partial charge in [-0.1, -0.05) is 32.0 Å². The van der Waals surface area contributed by atoms with E-state index in [1.165, 1.54) is 0 Å². The average molecular weight is 434 g/mol. The van der Waals surface area contributed by atoms with E-state index >= 15 is 0 Å². The van der Waals surface area contributed by atoms with Crippen molar-refractivity contribution in [1.29, 1.82) is 5.41 Å². The number of hydrogen-bond acceptors (Lipinski definition) is 4. The Kier molecular flexibility index (Phi) is 5.39. The lowest BCUT2D eigenvalue weighted by Gasteiger charge is -2.42. The van der Waals surface area contributed by atoms with Crippen LogP contribution in [0, 0.1) is 17.2 Å². The highest BCUT2D eigenvalue weighted by Crippen LogP contribution is 2.56. The summed E-state index contributed by atoms with van der Waals surface area (Å²) in [5, 5.41) is 13.9. The van der Waals surface area contributed by atoms with Gasteiger partial charge in [-0.15, -0.1) is 0 Å². The molecule has 3 aliphatic rings. The minimum absolute atomic E-state index is 0.149. The number of halogens is 2. The number of amides is 2. The van der Waals surface area contributed by atoms with Crippen molar-refractivity contribution in [2.45, 2.75) is 57.0 Å². The molecular weight excluding hydrogens is 406 g/mol. The quantitative estimate of drug-likeness (QED) is 0.642. The van der Waals surface area contributed by atoms with E-state index in [0.29, 0.717) is 31.6 Å². The summed E-state index contributed by atoms with van der Waals surface area (Å²) in [7, 11) is 0. The number of guanidine groups is 1. The van der Waals surface area contributed by atoms with Crippen LogP contribution in [0.3, 0.4) is 0 Å². The van der Waals surface area contributed by atoms with E-state index in [4.69, 9.17) is 10.1 Å². The number of carbonyl (C=O) groups is 2. The lowest BCUT2D eigenvalue weighted by Crippen LogP contribution is -2.62. The zero-order valence-electron chi connectivity index (χ0n) is 17.7. The second-order valence-electron chi connectivity index (χ2n) is 8.64. The van der Waals surface area contributed by atoms with Crippen LogP contribution in [-0.2, 0) is 9.59 Å². The summed E-state index contributed by atoms with van der Waals surface area (Å²) in [4.78, 5) is 26.4. The Labute approximate surface area is 180 Å². The van der Waals surface area contributed by atoms with Gasteiger partial charge in [0.05, 0.1) is 25.0 Å². The van der Waals surface area contributed by atoms with Gasteiger partial charge >= 0.3 is 0 Å². The summed E-state index contributed by atoms with van der Waals surface area (Å²) >= 11 is 0. The molecule has 7 nitrogen and oxygen atoms in total. The number of para-hydroxylation sites is 1. The van der Waals surface area contributed by atoms with Gasteiger partial charge in [0, 0.05) is 24.1 Å². The first kappa shape index (κ1) is 21.5. The Balaban J connectivity index is 1.42. The van der Waals surface area contributed by atoms with Crippen LogP contribution in [0.15, 0.2) is 24.3 Å². The first-order chi connectivity index (χ1) is 14.7. The third kappa shape index (κ3) is 3.74. The van der Waals surface area contributed by atoms with E-state index in [2.05, 4.69) is 10.6 Å². The monoisotopic (exact) mass is 434 g/mol. The maximum absolute atomic E-state index is 14.5. The molecule has 0 radical (unpaired) electrons. The second kappa shape index (κ2) is 7.76. The topological polar surface area (TPSA) is 94.5 Å². The van der Waals surface area contributed by atoms with Gasteiger partial charge < -0.3 is 15.4 Å². The molecule has 2 amide bonds. The van der Waals surface area contributed by atoms with Crippen molar-refractivity contribution < 1.29 is 23.1 Å². The molecule has 2 fully saturated rings. The van der Waals surface area contributed by atoms with Gasteiger partial charge in [-0.3, -0.25) is 19.9 Å². The van der Waals surface area contributed by atoms with Crippen molar-refractivity contribution in [3.05, 3.63) is 29.8 Å². The van der Waals surface area contributed by atoms with E-state index in [9.17, 15) is 18.4 Å². The Morgan fingerprint density at radius 3 is 2.71 bits per heavy atom. The van der Waals surface area contributed by atoms with Crippen molar-refractivity contribution in [1.82, 2.24) is 15.5 Å². The van der Waals surface area contributed by atoms with E-state index in [1.54, 1.807) is 6.07 Å². The molecule has 31 heavy (non-hydrogen) atoms. The molecule has 168 valence electrons. The first-order valence-electron chi connectivity index (χ1n) is 10.8. The van der Waals surface area contributed by atoms with Crippen LogP contribution in [0.25, 0.3) is 0 Å². The van der Waals surface area contributed by atoms with Crippen molar-refractivity contribution in [2.75, 3.05) is 13.2 Å². The molecule has 0 spiro atoms. The van der Waals surface area contributed by atoms with E-state index in [-0.39, 0.29) is 30.9 Å². The summed E-state index contributed by atoms with van der Waals surface area (Å²) < 4.78 is 34.6. The number of hydrogen-bond donors (Lipinski definition) is 3. The van der Waals surface area contributed by atoms with Crippen LogP contribution >= 0.6 is 0 Å². The minimum atomic E-state index is -3.21. The summed E-state index contributed by atoms with van der Waals surface area (Å²) in [6.07, 6.45) is 1.96. The van der Waals surface area contributed by atoms with Gasteiger partial charge in [-0.25, -0.2) is 8.78 Å². The van der Waals surface area contributed by atoms with Gasteiger partial charge in [-0.2, -0.15) is 0 Å². The summed E-state index contributed by atoms with van der Waals surface area (Å²) in [6, 6.07) is 6.85. The molecule has 4 rings (SSSR count). The minimum Gasteiger partial charge on any atom is -0.493 e. The third-order valence-corrected chi connectivity index (χ3v) is 6.94. The molecule has 1 saturated heterocycles. The maximum atomic E-state index is 14.5. The van der Waals surface area contributed by atoms with Gasteiger partial charge in [0.15, 0.2) is 5.96 Å². The van der Waals surface area contributed by atoms with Crippen LogP contribution in [-0.4, -0.2) is 47.3 Å². The fraction of sp³-hybridized carbons (Fsp3) is 0.591. The van der Waals surface area contributed by atoms with E-state index in [0.717, 1.165) is 10.5 Å². The Morgan fingerprint density at radius 1 is 1.32 bits per heavy atom. The molecule has 3 atom stereocenters. The largest absolute Gasteiger partial charge is 0.493 e. The highest BCUT2D eigenvalue weighted by atomic mass is 19.3. The lowest BCUT2D eigenvalue weighted by atomic mass is 9.87. The summed E-state index contributed by atoms with van der Waals surface area (Å²) in [6.45, 7) is 3.91. The number of benzene rings is 1. The lowest BCUT2D eigenvalue weighted by molar-refractivity contribution is -0.131. The molecule has 1 aromatic carbocycles. The molecule has 2 aliphatic heterocycles. The zero-order valence-corrected chi connectivity index (χ0v) is 17.7. The smallest absolute Gasteiger partial charge is 0.265 e. The highest BCUT2D eigenvalue weighted by Gasteiger charge is 2.72. The maximum Gasteiger partial charge on any atom is 0.265 e. The number of carbonyl (C=O) groups excluding carboxylic acids is 2. The number of nitrogens with zero attached hydrogens (tertiary/aromatic N) is 1. The molecule has 9 heteroatoms. The molecule has 2 heterocycles. The molecule has 0 aromatic heterocycles. The number of ether oxygens (including phenoxy) is 1. The van der Waals surface area contributed by atoms with Gasteiger partial charge in [0.1, 0.15) is 11.7 Å². The van der Waals surface area contributed by atoms with Crippen molar-refractivity contribution in [2.24, 2.45) is 11.8 Å². The van der Waals surface area contributed by atoms with Gasteiger partial charge in [0.2, 0.25) is 11.8 Å². The fourth-order valence-electron chi connectivity index (χ4n) is 4.67. The van der Waals surface area contributed by atoms with Gasteiger partial charge in [0.25, 0.3) is 5.92 Å². The van der Waals surface area contributed by atoms with Gasteiger partial charge in [-0.05, 0) is 18.9 Å². The van der Waals surface area contributed by atoms with Crippen LogP contribution in [0.4, 0.5) is 8.78 Å². The standard InChI is InChI=1S/C22H28F2N4O3/c1-3-21(4-2)11-17(29)28(20(25)27-21)12-14-18(22(14,23)24)19(30)26-15-9-10-31-16-8-6-5-7-13(15)16/h5-8,14-15,18H,3-4,9-12H2,1-2H3,(H2,25,27)(H,26,30)/t14?,15-,18?/m1/s1. The summed E-state index contributed by atoms with van der Waals surface area (Å²) in [5.74, 6) is -6.62. The van der Waals surface area contributed by atoms with Crippen LogP contribution < -0.4 is 15.4 Å². The summed E-state index contributed by atoms with van der Waals surface area (Å²) in [5.41, 5.74) is 0.263. The Bertz CT molecular complexity index is 882. The molecule has 0 bridgehead atoms. The number of fused-ring (bicyclic) bond motifs is 1. The highest BCUT2D eigenvalue weighted by molar-refractivity contribution is 5.99. The number of alkyl halides is 2. The molecular formula is C22H28F2N4O3. The molecule has 2 unspecified atom stereocenters. The fourth-order valence-corrected chi connectivity index (χ4v) is 4.67. The van der Waals surface area contributed by atoms with Crippen molar-refractivity contribution in [3.8, 4) is 5.75 Å². The van der Waals surface area contributed by atoms with Crippen molar-refractivity contribution >= 4 is 17.8 Å². The Morgan fingerprint density at radius 2 is 2.03 bits per heavy atom. The van der Waals surface area contributed by atoms with Crippen LogP contribution in [0.2, 0.25) is 0 Å². The SMILES string of the molecule is CCC1(CC)CC(=O)N(CC2C(C(=O)N[C@@H]3CCOc4ccccc43)C2(F)F)C(=N)N1. The third-order valence-electron chi connectivity index (χ3n) is 6.94.